The van der Waals surface area contributed by atoms with Gasteiger partial charge in [0.1, 0.15) is 0 Å². The Labute approximate surface area is 108 Å². The second kappa shape index (κ2) is 5.11. The second-order valence-electron chi connectivity index (χ2n) is 5.45. The summed E-state index contributed by atoms with van der Waals surface area (Å²) in [6, 6.07) is 6.90. The molecule has 0 aliphatic heterocycles. The molecule has 0 saturated heterocycles. The van der Waals surface area contributed by atoms with Gasteiger partial charge < -0.3 is 5.32 Å². The maximum atomic E-state index is 4.38. The van der Waals surface area contributed by atoms with Crippen LogP contribution in [0, 0.1) is 5.92 Å². The van der Waals surface area contributed by atoms with E-state index in [0.29, 0.717) is 6.04 Å². The number of nitrogens with one attached hydrogen (secondary N) is 1. The van der Waals surface area contributed by atoms with E-state index in [1.165, 1.54) is 36.8 Å². The minimum absolute atomic E-state index is 0.678. The Balaban J connectivity index is 1.69. The van der Waals surface area contributed by atoms with Crippen molar-refractivity contribution in [3.8, 4) is 0 Å². The summed E-state index contributed by atoms with van der Waals surface area (Å²) < 4.78 is 1.95. The van der Waals surface area contributed by atoms with Crippen LogP contribution in [0.1, 0.15) is 38.2 Å². The van der Waals surface area contributed by atoms with Gasteiger partial charge in [0.25, 0.3) is 0 Å². The van der Waals surface area contributed by atoms with Gasteiger partial charge in [-0.15, -0.1) is 0 Å². The first-order valence-corrected chi connectivity index (χ1v) is 6.99. The van der Waals surface area contributed by atoms with E-state index >= 15 is 0 Å². The van der Waals surface area contributed by atoms with Crippen LogP contribution in [0.15, 0.2) is 30.6 Å². The first kappa shape index (κ1) is 11.7. The summed E-state index contributed by atoms with van der Waals surface area (Å²) in [5.74, 6) is 0.806. The molecule has 2 unspecified atom stereocenters. The third-order valence-electron chi connectivity index (χ3n) is 4.17. The Bertz CT molecular complexity index is 517. The van der Waals surface area contributed by atoms with Crippen LogP contribution in [-0.2, 0) is 6.54 Å². The quantitative estimate of drug-likeness (QED) is 0.898. The molecule has 0 bridgehead atoms. The maximum Gasteiger partial charge on any atom is 0.0706 e. The Hall–Kier alpha value is -1.35. The van der Waals surface area contributed by atoms with Crippen LogP contribution in [0.2, 0.25) is 0 Å². The molecule has 1 aliphatic rings. The summed E-state index contributed by atoms with van der Waals surface area (Å²) in [7, 11) is 0. The second-order valence-corrected chi connectivity index (χ2v) is 5.45. The minimum Gasteiger partial charge on any atom is -0.310 e. The van der Waals surface area contributed by atoms with Crippen molar-refractivity contribution in [2.45, 2.75) is 45.2 Å². The van der Waals surface area contributed by atoms with Crippen molar-refractivity contribution >= 4 is 5.52 Å². The standard InChI is InChI=1S/C15H21N3/c1-12-6-2-3-7-14(12)16-10-13-11-17-18-9-5-4-8-15(13)18/h4-5,8-9,11-12,14,16H,2-3,6-7,10H2,1H3. The number of nitrogens with zero attached hydrogens (tertiary/aromatic N) is 2. The fourth-order valence-corrected chi connectivity index (χ4v) is 2.98. The Kier molecular flexibility index (Phi) is 3.33. The van der Waals surface area contributed by atoms with E-state index < -0.39 is 0 Å². The largest absolute Gasteiger partial charge is 0.310 e. The van der Waals surface area contributed by atoms with Crippen molar-refractivity contribution in [2.24, 2.45) is 5.92 Å². The zero-order valence-electron chi connectivity index (χ0n) is 11.0. The predicted molar refractivity (Wildman–Crippen MR) is 73.5 cm³/mol. The first-order chi connectivity index (χ1) is 8.84. The van der Waals surface area contributed by atoms with Crippen molar-refractivity contribution in [3.05, 3.63) is 36.2 Å². The molecular formula is C15H21N3. The molecule has 0 radical (unpaired) electrons. The van der Waals surface area contributed by atoms with Crippen LogP contribution in [0.5, 0.6) is 0 Å². The summed E-state index contributed by atoms with van der Waals surface area (Å²) in [4.78, 5) is 0. The van der Waals surface area contributed by atoms with E-state index in [-0.39, 0.29) is 0 Å². The van der Waals surface area contributed by atoms with Crippen molar-refractivity contribution in [3.63, 3.8) is 0 Å². The molecule has 0 spiro atoms. The van der Waals surface area contributed by atoms with E-state index in [1.807, 2.05) is 23.0 Å². The summed E-state index contributed by atoms with van der Waals surface area (Å²) in [5.41, 5.74) is 2.52. The van der Waals surface area contributed by atoms with Crippen LogP contribution < -0.4 is 5.32 Å². The predicted octanol–water partition coefficient (Wildman–Crippen LogP) is 3.00. The van der Waals surface area contributed by atoms with Gasteiger partial charge in [0, 0.05) is 24.3 Å². The normalized spacial score (nSPS) is 24.5. The van der Waals surface area contributed by atoms with Crippen LogP contribution in [-0.4, -0.2) is 15.7 Å². The van der Waals surface area contributed by atoms with Gasteiger partial charge in [-0.3, -0.25) is 0 Å². The van der Waals surface area contributed by atoms with Gasteiger partial charge in [-0.05, 0) is 30.9 Å². The van der Waals surface area contributed by atoms with Crippen LogP contribution in [0.25, 0.3) is 5.52 Å². The highest BCUT2D eigenvalue weighted by molar-refractivity contribution is 5.53. The van der Waals surface area contributed by atoms with Gasteiger partial charge in [-0.25, -0.2) is 4.52 Å². The number of hydrogen-bond acceptors (Lipinski definition) is 2. The zero-order chi connectivity index (χ0) is 12.4. The Morgan fingerprint density at radius 1 is 1.33 bits per heavy atom. The number of hydrogen-bond donors (Lipinski definition) is 1. The highest BCUT2D eigenvalue weighted by Gasteiger charge is 2.20. The lowest BCUT2D eigenvalue weighted by Gasteiger charge is -2.29. The van der Waals surface area contributed by atoms with E-state index in [4.69, 9.17) is 0 Å². The summed E-state index contributed by atoms with van der Waals surface area (Å²) in [6.45, 7) is 3.30. The average Bonchev–Trinajstić information content (AvgIpc) is 2.81. The molecule has 1 fully saturated rings. The molecule has 0 aromatic carbocycles. The molecule has 0 amide bonds. The monoisotopic (exact) mass is 243 g/mol. The first-order valence-electron chi connectivity index (χ1n) is 6.99. The molecule has 2 aromatic heterocycles. The lowest BCUT2D eigenvalue weighted by Crippen LogP contribution is -2.36. The average molecular weight is 243 g/mol. The fraction of sp³-hybridized carbons (Fsp3) is 0.533. The third-order valence-corrected chi connectivity index (χ3v) is 4.17. The van der Waals surface area contributed by atoms with Crippen LogP contribution in [0.3, 0.4) is 0 Å². The molecule has 2 atom stereocenters. The highest BCUT2D eigenvalue weighted by Crippen LogP contribution is 2.24. The molecule has 1 aliphatic carbocycles. The molecule has 3 nitrogen and oxygen atoms in total. The van der Waals surface area contributed by atoms with Gasteiger partial charge in [0.15, 0.2) is 0 Å². The molecular weight excluding hydrogens is 222 g/mol. The SMILES string of the molecule is CC1CCCCC1NCc1cnn2ccccc12. The number of rotatable bonds is 3. The molecule has 1 saturated carbocycles. The van der Waals surface area contributed by atoms with Gasteiger partial charge in [0.05, 0.1) is 11.7 Å². The molecule has 96 valence electrons. The van der Waals surface area contributed by atoms with Gasteiger partial charge >= 0.3 is 0 Å². The van der Waals surface area contributed by atoms with Crippen molar-refractivity contribution < 1.29 is 0 Å². The van der Waals surface area contributed by atoms with Crippen molar-refractivity contribution in [1.82, 2.24) is 14.9 Å². The van der Waals surface area contributed by atoms with Crippen molar-refractivity contribution in [1.29, 1.82) is 0 Å². The smallest absolute Gasteiger partial charge is 0.0706 e. The summed E-state index contributed by atoms with van der Waals surface area (Å²) in [6.07, 6.45) is 9.44. The summed E-state index contributed by atoms with van der Waals surface area (Å²) >= 11 is 0. The topological polar surface area (TPSA) is 29.3 Å². The lowest BCUT2D eigenvalue weighted by molar-refractivity contribution is 0.279. The maximum absolute atomic E-state index is 4.38. The molecule has 18 heavy (non-hydrogen) atoms. The summed E-state index contributed by atoms with van der Waals surface area (Å²) in [5, 5.41) is 8.09. The minimum atomic E-state index is 0.678. The molecule has 2 aromatic rings. The number of fused-ring (bicyclic) bond motifs is 1. The van der Waals surface area contributed by atoms with E-state index in [9.17, 15) is 0 Å². The fourth-order valence-electron chi connectivity index (χ4n) is 2.98. The molecule has 2 heterocycles. The third kappa shape index (κ3) is 2.27. The Morgan fingerprint density at radius 3 is 3.11 bits per heavy atom. The molecule has 1 N–H and O–H groups in total. The number of aromatic nitrogens is 2. The number of pyridine rings is 1. The molecule has 3 heteroatoms. The van der Waals surface area contributed by atoms with Gasteiger partial charge in [-0.1, -0.05) is 25.8 Å². The van der Waals surface area contributed by atoms with E-state index in [1.54, 1.807) is 0 Å². The molecule has 3 rings (SSSR count). The van der Waals surface area contributed by atoms with Gasteiger partial charge in [0.2, 0.25) is 0 Å². The van der Waals surface area contributed by atoms with Crippen molar-refractivity contribution in [2.75, 3.05) is 0 Å². The zero-order valence-corrected chi connectivity index (χ0v) is 11.0. The van der Waals surface area contributed by atoms with Crippen LogP contribution in [0.4, 0.5) is 0 Å². The van der Waals surface area contributed by atoms with Gasteiger partial charge in [-0.2, -0.15) is 5.10 Å². The van der Waals surface area contributed by atoms with E-state index in [0.717, 1.165) is 12.5 Å². The Morgan fingerprint density at radius 2 is 2.22 bits per heavy atom. The highest BCUT2D eigenvalue weighted by atomic mass is 15.2. The van der Waals surface area contributed by atoms with E-state index in [2.05, 4.69) is 29.5 Å². The lowest BCUT2D eigenvalue weighted by atomic mass is 9.86. The van der Waals surface area contributed by atoms with Crippen LogP contribution >= 0.6 is 0 Å².